The van der Waals surface area contributed by atoms with E-state index in [2.05, 4.69) is 15.8 Å². The fourth-order valence-corrected chi connectivity index (χ4v) is 2.00. The van der Waals surface area contributed by atoms with Gasteiger partial charge in [-0.2, -0.15) is 0 Å². The van der Waals surface area contributed by atoms with Gasteiger partial charge in [0.2, 0.25) is 11.8 Å². The van der Waals surface area contributed by atoms with Crippen molar-refractivity contribution < 1.29 is 19.5 Å². The number of rotatable bonds is 5. The first kappa shape index (κ1) is 15.2. The van der Waals surface area contributed by atoms with E-state index in [-0.39, 0.29) is 17.6 Å². The van der Waals surface area contributed by atoms with E-state index >= 15 is 0 Å². The summed E-state index contributed by atoms with van der Waals surface area (Å²) in [6.45, 7) is 2.80. The van der Waals surface area contributed by atoms with Crippen molar-refractivity contribution in [3.63, 3.8) is 0 Å². The highest BCUT2D eigenvalue weighted by molar-refractivity contribution is 6.06. The fraction of sp³-hybridized carbons (Fsp3) is 0.727. The number of nitrogens with one attached hydrogen (secondary N) is 2. The van der Waals surface area contributed by atoms with E-state index in [9.17, 15) is 9.59 Å². The Morgan fingerprint density at radius 1 is 1.32 bits per heavy atom. The lowest BCUT2D eigenvalue weighted by Crippen LogP contribution is -2.53. The zero-order valence-electron chi connectivity index (χ0n) is 10.9. The lowest BCUT2D eigenvalue weighted by molar-refractivity contribution is -0.131. The van der Waals surface area contributed by atoms with Crippen molar-refractivity contribution in [1.29, 1.82) is 0 Å². The first-order valence-electron chi connectivity index (χ1n) is 6.11. The third kappa shape index (κ3) is 3.82. The van der Waals surface area contributed by atoms with Gasteiger partial charge in [-0.3, -0.25) is 9.59 Å². The van der Waals surface area contributed by atoms with Crippen molar-refractivity contribution in [1.82, 2.24) is 10.6 Å². The lowest BCUT2D eigenvalue weighted by atomic mass is 9.78. The number of hydrogen-bond donors (Lipinski definition) is 4. The van der Waals surface area contributed by atoms with Crippen molar-refractivity contribution in [2.75, 3.05) is 26.3 Å². The van der Waals surface area contributed by atoms with E-state index < -0.39 is 5.41 Å². The minimum Gasteiger partial charge on any atom is -0.409 e. The minimum absolute atomic E-state index is 0.104. The van der Waals surface area contributed by atoms with Crippen LogP contribution in [0.2, 0.25) is 0 Å². The number of carbonyl (C=O) groups is 2. The Labute approximate surface area is 111 Å². The van der Waals surface area contributed by atoms with Crippen molar-refractivity contribution in [3.8, 4) is 0 Å². The summed E-state index contributed by atoms with van der Waals surface area (Å²) < 4.78 is 5.20. The molecule has 0 unspecified atom stereocenters. The van der Waals surface area contributed by atoms with Crippen LogP contribution in [0.4, 0.5) is 0 Å². The molecule has 0 atom stereocenters. The van der Waals surface area contributed by atoms with Crippen LogP contribution in [0.1, 0.15) is 19.8 Å². The van der Waals surface area contributed by atoms with E-state index in [4.69, 9.17) is 15.7 Å². The van der Waals surface area contributed by atoms with Crippen LogP contribution in [0.3, 0.4) is 0 Å². The van der Waals surface area contributed by atoms with Crippen molar-refractivity contribution in [2.45, 2.75) is 19.8 Å². The molecule has 0 bridgehead atoms. The summed E-state index contributed by atoms with van der Waals surface area (Å²) in [5.74, 6) is -0.573. The maximum Gasteiger partial charge on any atom is 0.234 e. The van der Waals surface area contributed by atoms with Gasteiger partial charge in [-0.25, -0.2) is 0 Å². The number of ether oxygens (including phenoxy) is 1. The highest BCUT2D eigenvalue weighted by atomic mass is 16.5. The molecule has 0 aromatic carbocycles. The average molecular weight is 272 g/mol. The summed E-state index contributed by atoms with van der Waals surface area (Å²) in [5, 5.41) is 17.1. The van der Waals surface area contributed by atoms with Gasteiger partial charge < -0.3 is 26.3 Å². The molecule has 0 radical (unpaired) electrons. The zero-order valence-corrected chi connectivity index (χ0v) is 10.9. The van der Waals surface area contributed by atoms with Gasteiger partial charge in [0, 0.05) is 33.2 Å². The molecule has 0 aromatic rings. The number of hydrogen-bond acceptors (Lipinski definition) is 5. The summed E-state index contributed by atoms with van der Waals surface area (Å²) in [5.41, 5.74) is 4.63. The molecule has 1 heterocycles. The van der Waals surface area contributed by atoms with Crippen LogP contribution in [0, 0.1) is 5.41 Å². The molecule has 108 valence electrons. The first-order valence-corrected chi connectivity index (χ1v) is 6.11. The van der Waals surface area contributed by atoms with Gasteiger partial charge in [0.15, 0.2) is 5.84 Å². The van der Waals surface area contributed by atoms with Crippen LogP contribution in [0.25, 0.3) is 0 Å². The molecule has 8 heteroatoms. The van der Waals surface area contributed by atoms with E-state index in [0.717, 1.165) is 0 Å². The SMILES string of the molecule is CC(=O)NCCNC(=O)C1(C(N)=NO)CCOCC1. The van der Waals surface area contributed by atoms with E-state index in [1.807, 2.05) is 0 Å². The Balaban J connectivity index is 2.60. The quantitative estimate of drug-likeness (QED) is 0.164. The summed E-state index contributed by atoms with van der Waals surface area (Å²) >= 11 is 0. The molecule has 0 spiro atoms. The molecular formula is C11H20N4O4. The second-order valence-corrected chi connectivity index (χ2v) is 4.42. The Morgan fingerprint density at radius 3 is 2.42 bits per heavy atom. The molecule has 1 rings (SSSR count). The van der Waals surface area contributed by atoms with Gasteiger partial charge in [-0.1, -0.05) is 5.16 Å². The zero-order chi connectivity index (χ0) is 14.3. The van der Waals surface area contributed by atoms with Gasteiger partial charge in [0.05, 0.1) is 0 Å². The molecule has 8 nitrogen and oxygen atoms in total. The normalized spacial score (nSPS) is 18.7. The lowest BCUT2D eigenvalue weighted by Gasteiger charge is -2.34. The Kier molecular flexibility index (Phi) is 5.56. The van der Waals surface area contributed by atoms with Crippen molar-refractivity contribution >= 4 is 17.6 Å². The number of nitrogens with two attached hydrogens (primary N) is 1. The van der Waals surface area contributed by atoms with Crippen LogP contribution in [-0.4, -0.2) is 49.2 Å². The predicted molar refractivity (Wildman–Crippen MR) is 67.6 cm³/mol. The van der Waals surface area contributed by atoms with Crippen LogP contribution < -0.4 is 16.4 Å². The molecule has 0 aromatic heterocycles. The summed E-state index contributed by atoms with van der Waals surface area (Å²) in [6.07, 6.45) is 0.740. The Hall–Kier alpha value is -1.83. The predicted octanol–water partition coefficient (Wildman–Crippen LogP) is -1.22. The standard InChI is InChI=1S/C11H20N4O4/c1-8(16)13-4-5-14-10(17)11(9(12)15-18)2-6-19-7-3-11/h18H,2-7H2,1H3,(H2,12,15)(H,13,16)(H,14,17). The van der Waals surface area contributed by atoms with Crippen molar-refractivity contribution in [3.05, 3.63) is 0 Å². The molecule has 0 saturated carbocycles. The molecule has 19 heavy (non-hydrogen) atoms. The monoisotopic (exact) mass is 272 g/mol. The number of amides is 2. The first-order chi connectivity index (χ1) is 9.03. The van der Waals surface area contributed by atoms with Crippen LogP contribution in [-0.2, 0) is 14.3 Å². The minimum atomic E-state index is -1.02. The van der Waals surface area contributed by atoms with E-state index in [1.165, 1.54) is 6.92 Å². The molecule has 1 aliphatic heterocycles. The van der Waals surface area contributed by atoms with Gasteiger partial charge in [0.25, 0.3) is 0 Å². The fourth-order valence-electron chi connectivity index (χ4n) is 2.00. The maximum atomic E-state index is 12.2. The van der Waals surface area contributed by atoms with E-state index in [1.54, 1.807) is 0 Å². The second kappa shape index (κ2) is 6.93. The molecule has 1 saturated heterocycles. The highest BCUT2D eigenvalue weighted by Crippen LogP contribution is 2.31. The van der Waals surface area contributed by atoms with E-state index in [0.29, 0.717) is 39.1 Å². The smallest absolute Gasteiger partial charge is 0.234 e. The summed E-state index contributed by atoms with van der Waals surface area (Å²) in [6, 6.07) is 0. The topological polar surface area (TPSA) is 126 Å². The van der Waals surface area contributed by atoms with Gasteiger partial charge >= 0.3 is 0 Å². The van der Waals surface area contributed by atoms with Gasteiger partial charge in [-0.05, 0) is 12.8 Å². The molecule has 1 fully saturated rings. The van der Waals surface area contributed by atoms with Gasteiger partial charge in [0.1, 0.15) is 5.41 Å². The van der Waals surface area contributed by atoms with Crippen molar-refractivity contribution in [2.24, 2.45) is 16.3 Å². The Morgan fingerprint density at radius 2 is 1.89 bits per heavy atom. The third-order valence-electron chi connectivity index (χ3n) is 3.16. The largest absolute Gasteiger partial charge is 0.409 e. The van der Waals surface area contributed by atoms with Crippen LogP contribution >= 0.6 is 0 Å². The summed E-state index contributed by atoms with van der Waals surface area (Å²) in [7, 11) is 0. The van der Waals surface area contributed by atoms with Crippen LogP contribution in [0.5, 0.6) is 0 Å². The maximum absolute atomic E-state index is 12.2. The van der Waals surface area contributed by atoms with Crippen LogP contribution in [0.15, 0.2) is 5.16 Å². The number of amidine groups is 1. The number of nitrogens with zero attached hydrogens (tertiary/aromatic N) is 1. The number of oxime groups is 1. The highest BCUT2D eigenvalue weighted by Gasteiger charge is 2.44. The average Bonchev–Trinajstić information content (AvgIpc) is 2.42. The third-order valence-corrected chi connectivity index (χ3v) is 3.16. The van der Waals surface area contributed by atoms with Gasteiger partial charge in [-0.15, -0.1) is 0 Å². The molecule has 0 aliphatic carbocycles. The number of carbonyl (C=O) groups excluding carboxylic acids is 2. The molecule has 1 aliphatic rings. The molecule has 2 amide bonds. The molecular weight excluding hydrogens is 252 g/mol. The second-order valence-electron chi connectivity index (χ2n) is 4.42. The molecule has 5 N–H and O–H groups in total. The Bertz CT molecular complexity index is 364. The summed E-state index contributed by atoms with van der Waals surface area (Å²) in [4.78, 5) is 22.9.